The van der Waals surface area contributed by atoms with Gasteiger partial charge in [0.15, 0.2) is 0 Å². The molecule has 2 saturated heterocycles. The van der Waals surface area contributed by atoms with Gasteiger partial charge in [-0.25, -0.2) is 4.98 Å². The van der Waals surface area contributed by atoms with Crippen molar-refractivity contribution in [3.63, 3.8) is 0 Å². The van der Waals surface area contributed by atoms with E-state index in [2.05, 4.69) is 30.0 Å². The minimum absolute atomic E-state index is 0.192. The molecule has 3 saturated carbocycles. The van der Waals surface area contributed by atoms with Gasteiger partial charge in [0.05, 0.1) is 16.6 Å². The van der Waals surface area contributed by atoms with Gasteiger partial charge in [-0.2, -0.15) is 0 Å². The SMILES string of the molecule is CC(C)c1noc2nc(C3CC3)cc(C(=O)N3CC4CC5CC(C4)CC3C5)c12. The first-order valence-corrected chi connectivity index (χ1v) is 11.2. The van der Waals surface area contributed by atoms with Crippen LogP contribution < -0.4 is 0 Å². The summed E-state index contributed by atoms with van der Waals surface area (Å²) in [6, 6.07) is 2.49. The highest BCUT2D eigenvalue weighted by molar-refractivity contribution is 6.06. The molecular weight excluding hydrogens is 350 g/mol. The third-order valence-electron chi connectivity index (χ3n) is 7.63. The van der Waals surface area contributed by atoms with E-state index >= 15 is 0 Å². The topological polar surface area (TPSA) is 59.2 Å². The zero-order valence-corrected chi connectivity index (χ0v) is 16.9. The molecule has 5 fully saturated rings. The Morgan fingerprint density at radius 2 is 1.82 bits per heavy atom. The highest BCUT2D eigenvalue weighted by atomic mass is 16.5. The summed E-state index contributed by atoms with van der Waals surface area (Å²) in [5.74, 6) is 3.24. The van der Waals surface area contributed by atoms with E-state index in [0.717, 1.165) is 53.6 Å². The number of pyridine rings is 1. The largest absolute Gasteiger partial charge is 0.335 e. The summed E-state index contributed by atoms with van der Waals surface area (Å²) in [5, 5.41) is 5.15. The summed E-state index contributed by atoms with van der Waals surface area (Å²) in [6.45, 7) is 5.14. The molecule has 148 valence electrons. The first kappa shape index (κ1) is 17.0. The molecule has 2 aromatic heterocycles. The van der Waals surface area contributed by atoms with E-state index in [9.17, 15) is 4.79 Å². The Morgan fingerprint density at radius 1 is 1.11 bits per heavy atom. The summed E-state index contributed by atoms with van der Waals surface area (Å²) >= 11 is 0. The molecule has 4 bridgehead atoms. The van der Waals surface area contributed by atoms with Crippen molar-refractivity contribution in [2.75, 3.05) is 6.54 Å². The van der Waals surface area contributed by atoms with Crippen LogP contribution in [0.1, 0.15) is 92.4 Å². The molecule has 28 heavy (non-hydrogen) atoms. The maximum atomic E-state index is 13.9. The number of rotatable bonds is 3. The predicted octanol–water partition coefficient (Wildman–Crippen LogP) is 4.87. The molecule has 0 aromatic carbocycles. The zero-order valence-electron chi connectivity index (χ0n) is 16.9. The average Bonchev–Trinajstić information content (AvgIpc) is 3.45. The van der Waals surface area contributed by atoms with Gasteiger partial charge in [0, 0.05) is 24.2 Å². The molecule has 2 atom stereocenters. The standard InChI is InChI=1S/C23H29N3O2/c1-12(2)21-20-18(10-19(16-3-4-16)24-22(20)28-25-21)23(27)26-11-15-6-13-5-14(7-15)9-17(26)8-13/h10,12-17H,3-9,11H2,1-2H3. The molecule has 2 aliphatic heterocycles. The molecule has 4 heterocycles. The molecule has 0 spiro atoms. The Bertz CT molecular complexity index is 931. The summed E-state index contributed by atoms with van der Waals surface area (Å²) in [4.78, 5) is 20.9. The lowest BCUT2D eigenvalue weighted by Crippen LogP contribution is -2.42. The van der Waals surface area contributed by atoms with Crippen LogP contribution in [0.2, 0.25) is 0 Å². The highest BCUT2D eigenvalue weighted by Gasteiger charge is 2.44. The molecular formula is C23H29N3O2. The summed E-state index contributed by atoms with van der Waals surface area (Å²) in [7, 11) is 0. The fourth-order valence-electron chi connectivity index (χ4n) is 6.33. The van der Waals surface area contributed by atoms with E-state index in [1.54, 1.807) is 0 Å². The molecule has 5 heteroatoms. The van der Waals surface area contributed by atoms with Crippen LogP contribution >= 0.6 is 0 Å². The number of amides is 1. The lowest BCUT2D eigenvalue weighted by molar-refractivity contribution is 0.0634. The van der Waals surface area contributed by atoms with E-state index in [0.29, 0.717) is 23.6 Å². The van der Waals surface area contributed by atoms with Crippen LogP contribution in [-0.2, 0) is 0 Å². The molecule has 5 nitrogen and oxygen atoms in total. The van der Waals surface area contributed by atoms with Gasteiger partial charge in [0.2, 0.25) is 0 Å². The second kappa shape index (κ2) is 6.04. The molecule has 2 aromatic rings. The predicted molar refractivity (Wildman–Crippen MR) is 106 cm³/mol. The van der Waals surface area contributed by atoms with Gasteiger partial charge in [-0.3, -0.25) is 4.79 Å². The van der Waals surface area contributed by atoms with Crippen molar-refractivity contribution >= 4 is 17.0 Å². The summed E-state index contributed by atoms with van der Waals surface area (Å²) < 4.78 is 5.61. The van der Waals surface area contributed by atoms with Gasteiger partial charge in [0.1, 0.15) is 0 Å². The van der Waals surface area contributed by atoms with Gasteiger partial charge in [-0.05, 0) is 74.7 Å². The maximum Gasteiger partial charge on any atom is 0.259 e. The number of fused-ring (bicyclic) bond motifs is 2. The molecule has 0 N–H and O–H groups in total. The van der Waals surface area contributed by atoms with Crippen molar-refractivity contribution in [1.29, 1.82) is 0 Å². The third-order valence-corrected chi connectivity index (χ3v) is 7.63. The van der Waals surface area contributed by atoms with Crippen LogP contribution in [0.4, 0.5) is 0 Å². The van der Waals surface area contributed by atoms with E-state index in [1.807, 2.05) is 0 Å². The quantitative estimate of drug-likeness (QED) is 0.763. The molecule has 0 radical (unpaired) electrons. The third kappa shape index (κ3) is 2.61. The van der Waals surface area contributed by atoms with Gasteiger partial charge >= 0.3 is 0 Å². The smallest absolute Gasteiger partial charge is 0.259 e. The molecule has 1 amide bonds. The second-order valence-electron chi connectivity index (χ2n) is 10.2. The van der Waals surface area contributed by atoms with Crippen molar-refractivity contribution in [3.8, 4) is 0 Å². The number of carbonyl (C=O) groups is 1. The Balaban J connectivity index is 1.46. The fourth-order valence-corrected chi connectivity index (χ4v) is 6.33. The van der Waals surface area contributed by atoms with E-state index in [1.165, 1.54) is 32.1 Å². The van der Waals surface area contributed by atoms with Gasteiger partial charge in [0.25, 0.3) is 11.6 Å². The van der Waals surface area contributed by atoms with Crippen molar-refractivity contribution < 1.29 is 9.32 Å². The number of hydrogen-bond donors (Lipinski definition) is 0. The number of nitrogens with zero attached hydrogens (tertiary/aromatic N) is 3. The molecule has 5 aliphatic rings. The average molecular weight is 380 g/mol. The van der Waals surface area contributed by atoms with Gasteiger partial charge < -0.3 is 9.42 Å². The van der Waals surface area contributed by atoms with E-state index in [-0.39, 0.29) is 11.8 Å². The van der Waals surface area contributed by atoms with Crippen molar-refractivity contribution in [1.82, 2.24) is 15.0 Å². The van der Waals surface area contributed by atoms with Crippen LogP contribution in [0, 0.1) is 17.8 Å². The Hall–Kier alpha value is -1.91. The maximum absolute atomic E-state index is 13.9. The molecule has 7 rings (SSSR count). The lowest BCUT2D eigenvalue weighted by Gasteiger charge is -2.39. The Kier molecular flexibility index (Phi) is 3.67. The number of aromatic nitrogens is 2. The first-order valence-electron chi connectivity index (χ1n) is 11.2. The van der Waals surface area contributed by atoms with Crippen LogP contribution in [0.15, 0.2) is 10.6 Å². The second-order valence-corrected chi connectivity index (χ2v) is 10.2. The lowest BCUT2D eigenvalue weighted by atomic mass is 9.68. The van der Waals surface area contributed by atoms with Crippen LogP contribution in [0.5, 0.6) is 0 Å². The normalized spacial score (nSPS) is 31.8. The van der Waals surface area contributed by atoms with Crippen molar-refractivity contribution in [2.45, 2.75) is 76.7 Å². The Labute approximate surface area is 165 Å². The molecule has 3 aliphatic carbocycles. The van der Waals surface area contributed by atoms with Gasteiger partial charge in [-0.15, -0.1) is 0 Å². The van der Waals surface area contributed by atoms with Crippen LogP contribution in [0.3, 0.4) is 0 Å². The fraction of sp³-hybridized carbons (Fsp3) is 0.696. The summed E-state index contributed by atoms with van der Waals surface area (Å²) in [6.07, 6.45) is 8.75. The minimum atomic E-state index is 0.192. The highest BCUT2D eigenvalue weighted by Crippen LogP contribution is 2.48. The van der Waals surface area contributed by atoms with Crippen molar-refractivity contribution in [2.24, 2.45) is 17.8 Å². The van der Waals surface area contributed by atoms with E-state index < -0.39 is 0 Å². The van der Waals surface area contributed by atoms with Crippen molar-refractivity contribution in [3.05, 3.63) is 23.0 Å². The Morgan fingerprint density at radius 3 is 2.50 bits per heavy atom. The van der Waals surface area contributed by atoms with Crippen LogP contribution in [-0.4, -0.2) is 33.5 Å². The minimum Gasteiger partial charge on any atom is -0.335 e. The molecule has 2 unspecified atom stereocenters. The van der Waals surface area contributed by atoms with Crippen LogP contribution in [0.25, 0.3) is 11.1 Å². The monoisotopic (exact) mass is 379 g/mol. The zero-order chi connectivity index (χ0) is 19.0. The van der Waals surface area contributed by atoms with E-state index in [4.69, 9.17) is 9.51 Å². The number of hydrogen-bond acceptors (Lipinski definition) is 4. The first-order chi connectivity index (χ1) is 13.6. The summed E-state index contributed by atoms with van der Waals surface area (Å²) in [5.41, 5.74) is 3.23. The van der Waals surface area contributed by atoms with Gasteiger partial charge in [-0.1, -0.05) is 19.0 Å². The number of carbonyl (C=O) groups excluding carboxylic acids is 1.